The molecule has 90 valence electrons. The van der Waals surface area contributed by atoms with Gasteiger partial charge in [-0.05, 0) is 6.92 Å². The lowest BCUT2D eigenvalue weighted by molar-refractivity contribution is 0.598. The van der Waals surface area contributed by atoms with E-state index in [1.54, 1.807) is 6.92 Å². The lowest BCUT2D eigenvalue weighted by Crippen LogP contribution is -2.25. The topological polar surface area (TPSA) is 98.0 Å². The fourth-order valence-electron chi connectivity index (χ4n) is 1.21. The smallest absolute Gasteiger partial charge is 0.222 e. The SMILES string of the molecule is CC(CS(C)(=O)=O)Nc1nc(N)ncc1Cl. The number of nitrogens with zero attached hydrogens (tertiary/aromatic N) is 2. The number of anilines is 2. The van der Waals surface area contributed by atoms with Crippen molar-refractivity contribution in [1.29, 1.82) is 0 Å². The molecule has 0 saturated heterocycles. The van der Waals surface area contributed by atoms with E-state index in [0.717, 1.165) is 0 Å². The molecule has 0 bridgehead atoms. The normalized spacial score (nSPS) is 13.4. The third-order valence-corrected chi connectivity index (χ3v) is 3.08. The Hall–Kier alpha value is -1.08. The second kappa shape index (κ2) is 4.84. The van der Waals surface area contributed by atoms with E-state index in [1.807, 2.05) is 0 Å². The number of nitrogen functional groups attached to an aromatic ring is 1. The van der Waals surface area contributed by atoms with Crippen molar-refractivity contribution in [3.8, 4) is 0 Å². The van der Waals surface area contributed by atoms with Crippen LogP contribution in [0.5, 0.6) is 0 Å². The average molecular weight is 265 g/mol. The van der Waals surface area contributed by atoms with Crippen LogP contribution in [0.1, 0.15) is 6.92 Å². The van der Waals surface area contributed by atoms with Crippen LogP contribution in [0.3, 0.4) is 0 Å². The van der Waals surface area contributed by atoms with Crippen molar-refractivity contribution in [2.24, 2.45) is 0 Å². The Labute approximate surface area is 99.1 Å². The predicted octanol–water partition coefficient (Wildman–Crippen LogP) is 0.557. The number of halogens is 1. The lowest BCUT2D eigenvalue weighted by atomic mass is 10.4. The fourth-order valence-corrected chi connectivity index (χ4v) is 2.35. The number of aromatic nitrogens is 2. The number of nitrogens with two attached hydrogens (primary N) is 1. The van der Waals surface area contributed by atoms with E-state index < -0.39 is 9.84 Å². The Morgan fingerprint density at radius 2 is 2.25 bits per heavy atom. The largest absolute Gasteiger partial charge is 0.368 e. The van der Waals surface area contributed by atoms with Gasteiger partial charge >= 0.3 is 0 Å². The van der Waals surface area contributed by atoms with Gasteiger partial charge < -0.3 is 11.1 Å². The van der Waals surface area contributed by atoms with Crippen molar-refractivity contribution in [2.75, 3.05) is 23.1 Å². The molecule has 1 atom stereocenters. The summed E-state index contributed by atoms with van der Waals surface area (Å²) >= 11 is 5.82. The molecule has 1 rings (SSSR count). The first-order valence-corrected chi connectivity index (χ1v) is 6.94. The predicted molar refractivity (Wildman–Crippen MR) is 64.2 cm³/mol. The summed E-state index contributed by atoms with van der Waals surface area (Å²) in [6, 6.07) is -0.304. The minimum Gasteiger partial charge on any atom is -0.368 e. The van der Waals surface area contributed by atoms with Crippen LogP contribution >= 0.6 is 11.6 Å². The third kappa shape index (κ3) is 4.19. The van der Waals surface area contributed by atoms with E-state index in [9.17, 15) is 8.42 Å². The molecule has 0 radical (unpaired) electrons. The molecule has 1 heterocycles. The number of rotatable bonds is 4. The maximum Gasteiger partial charge on any atom is 0.222 e. The van der Waals surface area contributed by atoms with Gasteiger partial charge in [-0.25, -0.2) is 13.4 Å². The van der Waals surface area contributed by atoms with Crippen LogP contribution in [0.15, 0.2) is 6.20 Å². The molecule has 1 aromatic heterocycles. The van der Waals surface area contributed by atoms with Crippen molar-refractivity contribution in [3.63, 3.8) is 0 Å². The van der Waals surface area contributed by atoms with Gasteiger partial charge in [0.25, 0.3) is 0 Å². The van der Waals surface area contributed by atoms with Gasteiger partial charge in [0.15, 0.2) is 5.82 Å². The molecular formula is C8H13ClN4O2S. The lowest BCUT2D eigenvalue weighted by Gasteiger charge is -2.14. The molecule has 0 aromatic carbocycles. The van der Waals surface area contributed by atoms with Crippen LogP contribution < -0.4 is 11.1 Å². The highest BCUT2D eigenvalue weighted by Gasteiger charge is 2.12. The van der Waals surface area contributed by atoms with Crippen molar-refractivity contribution >= 4 is 33.2 Å². The van der Waals surface area contributed by atoms with E-state index in [2.05, 4.69) is 15.3 Å². The molecule has 6 nitrogen and oxygen atoms in total. The first-order chi connectivity index (χ1) is 7.28. The third-order valence-electron chi connectivity index (χ3n) is 1.70. The standard InChI is InChI=1S/C8H13ClN4O2S/c1-5(4-16(2,14)15)12-7-6(9)3-11-8(10)13-7/h3,5H,4H2,1-2H3,(H3,10,11,12,13). The summed E-state index contributed by atoms with van der Waals surface area (Å²) in [6.07, 6.45) is 2.53. The zero-order valence-corrected chi connectivity index (χ0v) is 10.5. The van der Waals surface area contributed by atoms with Crippen molar-refractivity contribution in [2.45, 2.75) is 13.0 Å². The number of hydrogen-bond donors (Lipinski definition) is 2. The molecule has 8 heteroatoms. The van der Waals surface area contributed by atoms with Crippen LogP contribution in [0.4, 0.5) is 11.8 Å². The second-order valence-electron chi connectivity index (χ2n) is 3.56. The Morgan fingerprint density at radius 1 is 1.62 bits per heavy atom. The highest BCUT2D eigenvalue weighted by Crippen LogP contribution is 2.19. The molecule has 1 unspecified atom stereocenters. The van der Waals surface area contributed by atoms with E-state index >= 15 is 0 Å². The highest BCUT2D eigenvalue weighted by atomic mass is 35.5. The first kappa shape index (κ1) is 13.0. The maximum absolute atomic E-state index is 11.1. The van der Waals surface area contributed by atoms with Crippen molar-refractivity contribution < 1.29 is 8.42 Å². The van der Waals surface area contributed by atoms with Crippen LogP contribution in [0.25, 0.3) is 0 Å². The molecule has 1 aromatic rings. The zero-order chi connectivity index (χ0) is 12.3. The minimum atomic E-state index is -3.05. The van der Waals surface area contributed by atoms with E-state index in [4.69, 9.17) is 17.3 Å². The van der Waals surface area contributed by atoms with E-state index in [0.29, 0.717) is 10.8 Å². The molecule has 0 amide bonds. The van der Waals surface area contributed by atoms with Gasteiger partial charge in [0.05, 0.1) is 11.9 Å². The molecular weight excluding hydrogens is 252 g/mol. The summed E-state index contributed by atoms with van der Waals surface area (Å²) in [7, 11) is -3.05. The minimum absolute atomic E-state index is 0.00671. The molecule has 0 fully saturated rings. The zero-order valence-electron chi connectivity index (χ0n) is 8.94. The summed E-state index contributed by atoms with van der Waals surface area (Å²) < 4.78 is 22.1. The van der Waals surface area contributed by atoms with Crippen molar-refractivity contribution in [3.05, 3.63) is 11.2 Å². The Morgan fingerprint density at radius 3 is 2.81 bits per heavy atom. The summed E-state index contributed by atoms with van der Waals surface area (Å²) in [4.78, 5) is 7.57. The monoisotopic (exact) mass is 264 g/mol. The van der Waals surface area contributed by atoms with Crippen LogP contribution in [-0.4, -0.2) is 36.4 Å². The summed E-state index contributed by atoms with van der Waals surface area (Å²) in [6.45, 7) is 1.72. The van der Waals surface area contributed by atoms with Crippen LogP contribution in [0, 0.1) is 0 Å². The molecule has 0 saturated carbocycles. The van der Waals surface area contributed by atoms with Gasteiger partial charge in [0, 0.05) is 12.3 Å². The average Bonchev–Trinajstić information content (AvgIpc) is 2.08. The first-order valence-electron chi connectivity index (χ1n) is 4.50. The Kier molecular flexibility index (Phi) is 3.93. The highest BCUT2D eigenvalue weighted by molar-refractivity contribution is 7.90. The molecule has 0 aliphatic carbocycles. The number of hydrogen-bond acceptors (Lipinski definition) is 6. The van der Waals surface area contributed by atoms with E-state index in [1.165, 1.54) is 12.5 Å². The maximum atomic E-state index is 11.1. The van der Waals surface area contributed by atoms with Gasteiger partial charge in [-0.1, -0.05) is 11.6 Å². The molecule has 3 N–H and O–H groups in total. The second-order valence-corrected chi connectivity index (χ2v) is 6.15. The fraction of sp³-hybridized carbons (Fsp3) is 0.500. The molecule has 0 spiro atoms. The van der Waals surface area contributed by atoms with Crippen LogP contribution in [0.2, 0.25) is 5.02 Å². The Bertz CT molecular complexity index is 477. The van der Waals surface area contributed by atoms with Crippen LogP contribution in [-0.2, 0) is 9.84 Å². The van der Waals surface area contributed by atoms with Gasteiger partial charge in [-0.15, -0.1) is 0 Å². The van der Waals surface area contributed by atoms with Gasteiger partial charge in [0.1, 0.15) is 14.9 Å². The molecule has 0 aliphatic rings. The van der Waals surface area contributed by atoms with Gasteiger partial charge in [-0.3, -0.25) is 0 Å². The summed E-state index contributed by atoms with van der Waals surface area (Å²) in [5.74, 6) is 0.413. The molecule has 0 aliphatic heterocycles. The molecule has 16 heavy (non-hydrogen) atoms. The number of sulfone groups is 1. The number of nitrogens with one attached hydrogen (secondary N) is 1. The van der Waals surface area contributed by atoms with Gasteiger partial charge in [0.2, 0.25) is 5.95 Å². The van der Waals surface area contributed by atoms with E-state index in [-0.39, 0.29) is 17.7 Å². The van der Waals surface area contributed by atoms with Crippen molar-refractivity contribution in [1.82, 2.24) is 9.97 Å². The summed E-state index contributed by atoms with van der Waals surface area (Å²) in [5, 5.41) is 3.17. The summed E-state index contributed by atoms with van der Waals surface area (Å²) in [5.41, 5.74) is 5.39. The Balaban J connectivity index is 2.77. The van der Waals surface area contributed by atoms with Gasteiger partial charge in [-0.2, -0.15) is 4.98 Å². The quantitative estimate of drug-likeness (QED) is 0.824.